The Kier molecular flexibility index (Phi) is 5.51. The zero-order valence-electron chi connectivity index (χ0n) is 16.4. The van der Waals surface area contributed by atoms with Crippen LogP contribution in [0.1, 0.15) is 11.1 Å². The molecule has 1 heterocycles. The number of hydrazine groups is 1. The molecule has 3 amide bonds. The summed E-state index contributed by atoms with van der Waals surface area (Å²) in [4.78, 5) is 26.1. The number of hydrogen-bond acceptors (Lipinski definition) is 6. The van der Waals surface area contributed by atoms with Crippen LogP contribution in [0.25, 0.3) is 5.70 Å². The first-order valence-corrected chi connectivity index (χ1v) is 9.51. The first-order chi connectivity index (χ1) is 15.2. The van der Waals surface area contributed by atoms with Crippen LogP contribution in [-0.2, 0) is 15.9 Å². The first-order valence-electron chi connectivity index (χ1n) is 9.13. The molecule has 0 bridgehead atoms. The van der Waals surface area contributed by atoms with Crippen LogP contribution in [0.5, 0.6) is 5.75 Å². The number of fused-ring (bicyclic) bond motifs is 2. The van der Waals surface area contributed by atoms with Crippen molar-refractivity contribution < 1.29 is 37.0 Å². The fourth-order valence-electron chi connectivity index (χ4n) is 3.33. The molecule has 0 saturated heterocycles. The Balaban J connectivity index is 1.57. The maximum Gasteiger partial charge on any atom is 0.573 e. The fourth-order valence-corrected chi connectivity index (χ4v) is 3.52. The number of rotatable bonds is 2. The lowest BCUT2D eigenvalue weighted by molar-refractivity contribution is -0.274. The van der Waals surface area contributed by atoms with Crippen LogP contribution in [0.4, 0.5) is 28.4 Å². The Morgan fingerprint density at radius 2 is 1.91 bits per heavy atom. The highest BCUT2D eigenvalue weighted by Gasteiger charge is 2.36. The van der Waals surface area contributed by atoms with Gasteiger partial charge < -0.3 is 14.2 Å². The van der Waals surface area contributed by atoms with Crippen molar-refractivity contribution in [2.24, 2.45) is 0 Å². The summed E-state index contributed by atoms with van der Waals surface area (Å²) < 4.78 is 51.3. The Bertz CT molecular complexity index is 1100. The number of nitrogens with zero attached hydrogens (tertiary/aromatic N) is 2. The average Bonchev–Trinajstić information content (AvgIpc) is 3.10. The maximum absolute atomic E-state index is 13.1. The van der Waals surface area contributed by atoms with Crippen LogP contribution in [0.3, 0.4) is 0 Å². The van der Waals surface area contributed by atoms with Gasteiger partial charge in [-0.25, -0.2) is 9.59 Å². The number of nitrogens with one attached hydrogen (secondary N) is 1. The second-order valence-electron chi connectivity index (χ2n) is 6.72. The molecule has 0 radical (unpaired) electrons. The van der Waals surface area contributed by atoms with E-state index in [2.05, 4.69) is 14.9 Å². The smallest absolute Gasteiger partial charge is 0.473 e. The third-order valence-corrected chi connectivity index (χ3v) is 4.92. The fraction of sp³-hybridized carbons (Fsp3) is 0.200. The number of imide groups is 1. The molecule has 2 aromatic rings. The van der Waals surface area contributed by atoms with E-state index < -0.39 is 24.2 Å². The third kappa shape index (κ3) is 4.24. The number of ether oxygens (including phenoxy) is 3. The Hall–Kier alpha value is -3.60. The summed E-state index contributed by atoms with van der Waals surface area (Å²) in [7, 11) is 1.07. The van der Waals surface area contributed by atoms with Crippen LogP contribution in [0, 0.1) is 0 Å². The molecule has 168 valence electrons. The number of carbonyl (C=O) groups is 2. The molecule has 1 N–H and O–H groups in total. The van der Waals surface area contributed by atoms with Gasteiger partial charge in [-0.05, 0) is 42.0 Å². The van der Waals surface area contributed by atoms with Gasteiger partial charge in [-0.2, -0.15) is 9.91 Å². The van der Waals surface area contributed by atoms with E-state index in [1.54, 1.807) is 18.2 Å². The van der Waals surface area contributed by atoms with Crippen molar-refractivity contribution in [2.45, 2.75) is 12.8 Å². The SMILES string of the molecule is COC(=O)N(C(=O)N1COC2=C(N1)c1ccc(Cl)cc1C2)c1ccc(OC(F)(F)F)cc1. The number of urea groups is 1. The minimum absolute atomic E-state index is 0.0310. The number of benzene rings is 2. The molecule has 0 atom stereocenters. The molecule has 1 aliphatic carbocycles. The molecule has 32 heavy (non-hydrogen) atoms. The van der Waals surface area contributed by atoms with E-state index in [1.165, 1.54) is 0 Å². The predicted octanol–water partition coefficient (Wildman–Crippen LogP) is 4.65. The highest BCUT2D eigenvalue weighted by atomic mass is 35.5. The van der Waals surface area contributed by atoms with Gasteiger partial charge in [-0.15, -0.1) is 13.2 Å². The number of anilines is 1. The van der Waals surface area contributed by atoms with Gasteiger partial charge in [0.2, 0.25) is 0 Å². The molecule has 4 rings (SSSR count). The molecule has 1 aliphatic heterocycles. The van der Waals surface area contributed by atoms with Crippen molar-refractivity contribution >= 4 is 35.1 Å². The quantitative estimate of drug-likeness (QED) is 0.689. The normalized spacial score (nSPS) is 14.7. The number of methoxy groups -OCH3 is 1. The average molecular weight is 470 g/mol. The van der Waals surface area contributed by atoms with Crippen LogP contribution in [0.15, 0.2) is 48.2 Å². The van der Waals surface area contributed by atoms with E-state index in [0.717, 1.165) is 47.5 Å². The van der Waals surface area contributed by atoms with Crippen LogP contribution >= 0.6 is 11.6 Å². The number of alkyl halides is 3. The molecule has 8 nitrogen and oxygen atoms in total. The largest absolute Gasteiger partial charge is 0.573 e. The topological polar surface area (TPSA) is 80.3 Å². The molecule has 0 aromatic heterocycles. The molecule has 2 aromatic carbocycles. The van der Waals surface area contributed by atoms with Gasteiger partial charge in [0, 0.05) is 17.0 Å². The highest BCUT2D eigenvalue weighted by molar-refractivity contribution is 6.30. The monoisotopic (exact) mass is 469 g/mol. The minimum Gasteiger partial charge on any atom is -0.473 e. The van der Waals surface area contributed by atoms with Crippen LogP contribution < -0.4 is 15.1 Å². The molecule has 0 unspecified atom stereocenters. The summed E-state index contributed by atoms with van der Waals surface area (Å²) in [5.41, 5.74) is 5.16. The second kappa shape index (κ2) is 8.15. The first kappa shape index (κ1) is 21.6. The third-order valence-electron chi connectivity index (χ3n) is 4.69. The van der Waals surface area contributed by atoms with E-state index >= 15 is 0 Å². The van der Waals surface area contributed by atoms with E-state index in [-0.39, 0.29) is 12.4 Å². The van der Waals surface area contributed by atoms with Gasteiger partial charge in [-0.1, -0.05) is 17.7 Å². The van der Waals surface area contributed by atoms with Crippen molar-refractivity contribution in [3.8, 4) is 5.75 Å². The van der Waals surface area contributed by atoms with E-state index in [9.17, 15) is 22.8 Å². The summed E-state index contributed by atoms with van der Waals surface area (Å²) in [6, 6.07) is 8.60. The van der Waals surface area contributed by atoms with Gasteiger partial charge in [0.25, 0.3) is 0 Å². The van der Waals surface area contributed by atoms with E-state index in [1.807, 2.05) is 0 Å². The Labute approximate surface area is 184 Å². The number of allylic oxidation sites excluding steroid dienone is 1. The van der Waals surface area contributed by atoms with Crippen LogP contribution in [-0.4, -0.2) is 37.3 Å². The van der Waals surface area contributed by atoms with Gasteiger partial charge in [-0.3, -0.25) is 5.43 Å². The van der Waals surface area contributed by atoms with Crippen molar-refractivity contribution in [2.75, 3.05) is 18.7 Å². The van der Waals surface area contributed by atoms with Gasteiger partial charge in [0.15, 0.2) is 6.73 Å². The lowest BCUT2D eigenvalue weighted by Gasteiger charge is -2.33. The molecule has 2 aliphatic rings. The molecule has 0 saturated carbocycles. The van der Waals surface area contributed by atoms with Crippen LogP contribution in [0.2, 0.25) is 5.02 Å². The summed E-state index contributed by atoms with van der Waals surface area (Å²) >= 11 is 6.03. The lowest BCUT2D eigenvalue weighted by atomic mass is 10.1. The molecule has 0 fully saturated rings. The number of amides is 3. The Morgan fingerprint density at radius 1 is 1.19 bits per heavy atom. The van der Waals surface area contributed by atoms with Crippen molar-refractivity contribution in [3.63, 3.8) is 0 Å². The minimum atomic E-state index is -4.87. The predicted molar refractivity (Wildman–Crippen MR) is 106 cm³/mol. The molecule has 0 spiro atoms. The molecular weight excluding hydrogens is 455 g/mol. The summed E-state index contributed by atoms with van der Waals surface area (Å²) in [5.74, 6) is 0.110. The van der Waals surface area contributed by atoms with E-state index in [4.69, 9.17) is 16.3 Å². The maximum atomic E-state index is 13.1. The molecule has 12 heteroatoms. The second-order valence-corrected chi connectivity index (χ2v) is 7.16. The van der Waals surface area contributed by atoms with E-state index in [0.29, 0.717) is 27.8 Å². The summed E-state index contributed by atoms with van der Waals surface area (Å²) in [5, 5.41) is 1.60. The van der Waals surface area contributed by atoms with Gasteiger partial charge in [0.1, 0.15) is 17.2 Å². The molecular formula is C20H15ClF3N3O5. The van der Waals surface area contributed by atoms with Gasteiger partial charge in [0.05, 0.1) is 12.8 Å². The number of halogens is 4. The standard InChI is InChI=1S/C20H15ClF3N3O5/c1-30-19(29)27(13-3-5-14(6-4-13)32-20(22,23)24)18(28)26-10-31-16-9-11-8-12(21)2-7-15(11)17(16)25-26/h2-8,25H,9-10H2,1H3. The number of carbonyl (C=O) groups excluding carboxylic acids is 2. The zero-order chi connectivity index (χ0) is 23.0. The Morgan fingerprint density at radius 3 is 2.56 bits per heavy atom. The zero-order valence-corrected chi connectivity index (χ0v) is 17.2. The number of hydrogen-bond donors (Lipinski definition) is 1. The van der Waals surface area contributed by atoms with Crippen molar-refractivity contribution in [3.05, 3.63) is 64.4 Å². The summed E-state index contributed by atoms with van der Waals surface area (Å²) in [6.45, 7) is -0.220. The van der Waals surface area contributed by atoms with Gasteiger partial charge >= 0.3 is 18.5 Å². The lowest BCUT2D eigenvalue weighted by Crippen LogP contribution is -2.54. The summed E-state index contributed by atoms with van der Waals surface area (Å²) in [6.07, 6.45) is -5.43. The van der Waals surface area contributed by atoms with Crippen molar-refractivity contribution in [1.29, 1.82) is 0 Å². The highest BCUT2D eigenvalue weighted by Crippen LogP contribution is 2.36. The van der Waals surface area contributed by atoms with Crippen molar-refractivity contribution in [1.82, 2.24) is 10.4 Å².